The molecule has 0 heterocycles. The molecule has 2 N–H and O–H groups in total. The predicted molar refractivity (Wildman–Crippen MR) is 53.2 cm³/mol. The number of nitrogens with one attached hydrogen (secondary N) is 2. The summed E-state index contributed by atoms with van der Waals surface area (Å²) in [5.74, 6) is 0.135. The van der Waals surface area contributed by atoms with Crippen LogP contribution in [0.15, 0.2) is 0 Å². The Hall–Kier alpha value is -0.570. The van der Waals surface area contributed by atoms with Crippen LogP contribution in [-0.2, 0) is 4.79 Å². The van der Waals surface area contributed by atoms with Crippen molar-refractivity contribution in [3.8, 4) is 0 Å². The molecule has 0 fully saturated rings. The van der Waals surface area contributed by atoms with Gasteiger partial charge in [0.25, 0.3) is 0 Å². The zero-order chi connectivity index (χ0) is 9.82. The number of rotatable bonds is 5. The zero-order valence-corrected chi connectivity index (χ0v) is 8.74. The van der Waals surface area contributed by atoms with Crippen LogP contribution in [0, 0.1) is 0 Å². The average molecular weight is 174 g/mol. The smallest absolute Gasteiger partial charge is 0.219 e. The molecule has 1 amide bonds. The van der Waals surface area contributed by atoms with Gasteiger partial charge in [0.1, 0.15) is 0 Å². The lowest BCUT2D eigenvalue weighted by molar-refractivity contribution is -0.120. The Balaban J connectivity index is 0. The van der Waals surface area contributed by atoms with Crippen LogP contribution < -0.4 is 10.6 Å². The summed E-state index contributed by atoms with van der Waals surface area (Å²) in [6.45, 7) is 7.60. The fraction of sp³-hybridized carbons (Fsp3) is 0.889. The molecule has 0 aromatic rings. The number of carbonyl (C=O) groups excluding carboxylic acids is 1. The minimum absolute atomic E-state index is 0.135. The predicted octanol–water partition coefficient (Wildman–Crippen LogP) is 1.15. The van der Waals surface area contributed by atoms with Crippen molar-refractivity contribution >= 4 is 5.91 Å². The molecule has 0 aliphatic heterocycles. The third-order valence-corrected chi connectivity index (χ3v) is 1.25. The second kappa shape index (κ2) is 13.1. The molecule has 3 heteroatoms. The maximum absolute atomic E-state index is 10.6. The molecule has 0 rings (SSSR count). The largest absolute Gasteiger partial charge is 0.356 e. The lowest BCUT2D eigenvalue weighted by atomic mass is 10.4. The summed E-state index contributed by atoms with van der Waals surface area (Å²) in [6.07, 6.45) is 1.59. The van der Waals surface area contributed by atoms with Gasteiger partial charge in [-0.15, -0.1) is 0 Å². The second-order valence-electron chi connectivity index (χ2n) is 2.16. The maximum atomic E-state index is 10.6. The fourth-order valence-electron chi connectivity index (χ4n) is 0.618. The van der Waals surface area contributed by atoms with Crippen molar-refractivity contribution in [3.63, 3.8) is 0 Å². The highest BCUT2D eigenvalue weighted by Crippen LogP contribution is 1.76. The monoisotopic (exact) mass is 174 g/mol. The van der Waals surface area contributed by atoms with E-state index in [4.69, 9.17) is 0 Å². The van der Waals surface area contributed by atoms with Gasteiger partial charge in [-0.1, -0.05) is 20.8 Å². The molecule has 0 aromatic carbocycles. The number of hydrogen-bond donors (Lipinski definition) is 2. The van der Waals surface area contributed by atoms with E-state index in [0.717, 1.165) is 19.5 Å². The molecular weight excluding hydrogens is 152 g/mol. The Bertz CT molecular complexity index is 94.5. The van der Waals surface area contributed by atoms with Crippen molar-refractivity contribution in [1.82, 2.24) is 10.6 Å². The third-order valence-electron chi connectivity index (χ3n) is 1.25. The Morgan fingerprint density at radius 2 is 1.83 bits per heavy atom. The van der Waals surface area contributed by atoms with Crippen LogP contribution in [0.4, 0.5) is 0 Å². The van der Waals surface area contributed by atoms with Crippen molar-refractivity contribution in [3.05, 3.63) is 0 Å². The highest BCUT2D eigenvalue weighted by atomic mass is 16.1. The summed E-state index contributed by atoms with van der Waals surface area (Å²) in [5, 5.41) is 5.80. The van der Waals surface area contributed by atoms with Crippen LogP contribution in [-0.4, -0.2) is 26.0 Å². The molecule has 0 aliphatic carbocycles. The number of hydrogen-bond acceptors (Lipinski definition) is 2. The zero-order valence-electron chi connectivity index (χ0n) is 8.74. The van der Waals surface area contributed by atoms with Crippen LogP contribution in [0.5, 0.6) is 0 Å². The molecular formula is C9H22N2O. The van der Waals surface area contributed by atoms with Gasteiger partial charge in [-0.25, -0.2) is 0 Å². The number of carbonyl (C=O) groups is 1. The third kappa shape index (κ3) is 12.1. The molecule has 12 heavy (non-hydrogen) atoms. The molecule has 0 unspecified atom stereocenters. The topological polar surface area (TPSA) is 41.1 Å². The van der Waals surface area contributed by atoms with Crippen LogP contribution in [0.1, 0.15) is 33.6 Å². The SMILES string of the molecule is CC.CCC(=O)NCCCNC. The first kappa shape index (κ1) is 14.0. The quantitative estimate of drug-likeness (QED) is 0.614. The summed E-state index contributed by atoms with van der Waals surface area (Å²) in [5.41, 5.74) is 0. The van der Waals surface area contributed by atoms with Crippen molar-refractivity contribution in [2.75, 3.05) is 20.1 Å². The summed E-state index contributed by atoms with van der Waals surface area (Å²) in [4.78, 5) is 10.6. The van der Waals surface area contributed by atoms with E-state index < -0.39 is 0 Å². The first-order valence-electron chi connectivity index (χ1n) is 4.72. The Morgan fingerprint density at radius 3 is 2.25 bits per heavy atom. The van der Waals surface area contributed by atoms with Gasteiger partial charge in [0.15, 0.2) is 0 Å². The Morgan fingerprint density at radius 1 is 1.25 bits per heavy atom. The molecule has 0 saturated heterocycles. The van der Waals surface area contributed by atoms with Crippen LogP contribution in [0.3, 0.4) is 0 Å². The van der Waals surface area contributed by atoms with E-state index in [1.54, 1.807) is 0 Å². The summed E-state index contributed by atoms with van der Waals surface area (Å²) in [6, 6.07) is 0. The highest BCUT2D eigenvalue weighted by molar-refractivity contribution is 5.75. The van der Waals surface area contributed by atoms with Gasteiger partial charge in [0.05, 0.1) is 0 Å². The molecule has 3 nitrogen and oxygen atoms in total. The van der Waals surface area contributed by atoms with Crippen LogP contribution in [0.2, 0.25) is 0 Å². The average Bonchev–Trinajstić information content (AvgIpc) is 2.15. The summed E-state index contributed by atoms with van der Waals surface area (Å²) >= 11 is 0. The molecule has 0 radical (unpaired) electrons. The van der Waals surface area contributed by atoms with Crippen LogP contribution in [0.25, 0.3) is 0 Å². The van der Waals surface area contributed by atoms with E-state index in [2.05, 4.69) is 10.6 Å². The van der Waals surface area contributed by atoms with Crippen LogP contribution >= 0.6 is 0 Å². The normalized spacial score (nSPS) is 8.33. The first-order chi connectivity index (χ1) is 5.81. The Kier molecular flexibility index (Phi) is 15.2. The van der Waals surface area contributed by atoms with Gasteiger partial charge in [-0.3, -0.25) is 4.79 Å². The highest BCUT2D eigenvalue weighted by Gasteiger charge is 1.92. The van der Waals surface area contributed by atoms with Gasteiger partial charge in [-0.05, 0) is 20.0 Å². The molecule has 0 aliphatic rings. The minimum atomic E-state index is 0.135. The van der Waals surface area contributed by atoms with Gasteiger partial charge >= 0.3 is 0 Å². The van der Waals surface area contributed by atoms with Crippen molar-refractivity contribution in [2.45, 2.75) is 33.6 Å². The van der Waals surface area contributed by atoms with Gasteiger partial charge in [0, 0.05) is 13.0 Å². The van der Waals surface area contributed by atoms with E-state index in [0.29, 0.717) is 6.42 Å². The summed E-state index contributed by atoms with van der Waals surface area (Å²) in [7, 11) is 1.90. The van der Waals surface area contributed by atoms with Gasteiger partial charge in [0.2, 0.25) is 5.91 Å². The van der Waals surface area contributed by atoms with E-state index >= 15 is 0 Å². The molecule has 74 valence electrons. The molecule has 0 saturated carbocycles. The first-order valence-corrected chi connectivity index (χ1v) is 4.72. The standard InChI is InChI=1S/C7H16N2O.C2H6/c1-3-7(10)9-6-4-5-8-2;1-2/h8H,3-6H2,1-2H3,(H,9,10);1-2H3. The minimum Gasteiger partial charge on any atom is -0.356 e. The summed E-state index contributed by atoms with van der Waals surface area (Å²) < 4.78 is 0. The van der Waals surface area contributed by atoms with E-state index in [9.17, 15) is 4.79 Å². The Labute approximate surface area is 75.9 Å². The van der Waals surface area contributed by atoms with E-state index in [-0.39, 0.29) is 5.91 Å². The molecule has 0 spiro atoms. The van der Waals surface area contributed by atoms with E-state index in [1.807, 2.05) is 27.8 Å². The van der Waals surface area contributed by atoms with Gasteiger partial charge < -0.3 is 10.6 Å². The van der Waals surface area contributed by atoms with Crippen molar-refractivity contribution in [2.24, 2.45) is 0 Å². The molecule has 0 aromatic heterocycles. The van der Waals surface area contributed by atoms with E-state index in [1.165, 1.54) is 0 Å². The fourth-order valence-corrected chi connectivity index (χ4v) is 0.618. The lowest BCUT2D eigenvalue weighted by Gasteiger charge is -2.01. The van der Waals surface area contributed by atoms with Gasteiger partial charge in [-0.2, -0.15) is 0 Å². The van der Waals surface area contributed by atoms with Crippen molar-refractivity contribution in [1.29, 1.82) is 0 Å². The van der Waals surface area contributed by atoms with Crippen molar-refractivity contribution < 1.29 is 4.79 Å². The lowest BCUT2D eigenvalue weighted by Crippen LogP contribution is -2.25. The molecule has 0 bridgehead atoms. The number of amides is 1. The molecule has 0 atom stereocenters. The maximum Gasteiger partial charge on any atom is 0.219 e. The second-order valence-corrected chi connectivity index (χ2v) is 2.16.